The molecule has 0 aliphatic heterocycles. The minimum atomic E-state index is -0.379. The monoisotopic (exact) mass is 329 g/mol. The Labute approximate surface area is 140 Å². The molecule has 0 aliphatic rings. The van der Waals surface area contributed by atoms with Crippen molar-refractivity contribution >= 4 is 23.6 Å². The molecule has 0 radical (unpaired) electrons. The summed E-state index contributed by atoms with van der Waals surface area (Å²) < 4.78 is 15.7. The maximum Gasteiger partial charge on any atom is 0.303 e. The molecule has 0 atom stereocenters. The van der Waals surface area contributed by atoms with Crippen molar-refractivity contribution in [2.45, 2.75) is 20.5 Å². The van der Waals surface area contributed by atoms with Gasteiger partial charge in [-0.05, 0) is 37.3 Å². The Morgan fingerprint density at radius 3 is 2.75 bits per heavy atom. The Morgan fingerprint density at radius 2 is 2.00 bits per heavy atom. The molecule has 0 aliphatic carbocycles. The molecule has 1 heterocycles. The Morgan fingerprint density at radius 1 is 1.21 bits per heavy atom. The fourth-order valence-electron chi connectivity index (χ4n) is 1.92. The molecular formula is C18H19NO5. The van der Waals surface area contributed by atoms with Gasteiger partial charge in [0.2, 0.25) is 5.91 Å². The van der Waals surface area contributed by atoms with Gasteiger partial charge >= 0.3 is 5.97 Å². The first-order valence-electron chi connectivity index (χ1n) is 7.51. The van der Waals surface area contributed by atoms with Crippen LogP contribution < -0.4 is 10.1 Å². The number of hydrogen-bond acceptors (Lipinski definition) is 5. The van der Waals surface area contributed by atoms with E-state index in [0.717, 1.165) is 0 Å². The molecule has 0 spiro atoms. The van der Waals surface area contributed by atoms with Crippen LogP contribution in [-0.2, 0) is 20.9 Å². The number of esters is 1. The fraction of sp³-hybridized carbons (Fsp3) is 0.222. The molecule has 1 N–H and O–H groups in total. The lowest BCUT2D eigenvalue weighted by atomic mass is 10.3. The maximum atomic E-state index is 12.0. The predicted octanol–water partition coefficient (Wildman–Crippen LogP) is 3.39. The van der Waals surface area contributed by atoms with Gasteiger partial charge in [-0.1, -0.05) is 12.1 Å². The number of benzene rings is 1. The number of hydrogen-bond donors (Lipinski definition) is 1. The summed E-state index contributed by atoms with van der Waals surface area (Å²) in [5.74, 6) is 0.927. The second-order valence-corrected chi connectivity index (χ2v) is 4.84. The zero-order valence-electron chi connectivity index (χ0n) is 13.6. The normalized spacial score (nSPS) is 10.6. The van der Waals surface area contributed by atoms with E-state index in [9.17, 15) is 9.59 Å². The van der Waals surface area contributed by atoms with E-state index in [1.807, 2.05) is 19.1 Å². The van der Waals surface area contributed by atoms with Gasteiger partial charge in [-0.25, -0.2) is 0 Å². The number of carbonyl (C=O) groups excluding carboxylic acids is 2. The second kappa shape index (κ2) is 8.57. The van der Waals surface area contributed by atoms with Crippen LogP contribution in [0.3, 0.4) is 0 Å². The number of para-hydroxylation sites is 2. The highest BCUT2D eigenvalue weighted by Crippen LogP contribution is 2.23. The highest BCUT2D eigenvalue weighted by atomic mass is 16.5. The van der Waals surface area contributed by atoms with Crippen LogP contribution in [0.4, 0.5) is 5.69 Å². The second-order valence-electron chi connectivity index (χ2n) is 4.84. The molecule has 1 amide bonds. The van der Waals surface area contributed by atoms with Crippen LogP contribution in [0.5, 0.6) is 5.75 Å². The molecule has 126 valence electrons. The minimum absolute atomic E-state index is 0.0666. The Hall–Kier alpha value is -3.02. The Balaban J connectivity index is 1.95. The molecular weight excluding hydrogens is 310 g/mol. The molecule has 2 aromatic rings. The van der Waals surface area contributed by atoms with E-state index >= 15 is 0 Å². The van der Waals surface area contributed by atoms with Crippen LogP contribution in [0, 0.1) is 0 Å². The first-order valence-corrected chi connectivity index (χ1v) is 7.51. The third kappa shape index (κ3) is 5.31. The summed E-state index contributed by atoms with van der Waals surface area (Å²) in [4.78, 5) is 22.7. The summed E-state index contributed by atoms with van der Waals surface area (Å²) in [6, 6.07) is 10.6. The zero-order valence-corrected chi connectivity index (χ0v) is 13.6. The molecule has 0 saturated heterocycles. The lowest BCUT2D eigenvalue weighted by Gasteiger charge is -2.09. The maximum absolute atomic E-state index is 12.0. The van der Waals surface area contributed by atoms with Crippen LogP contribution in [0.25, 0.3) is 6.08 Å². The van der Waals surface area contributed by atoms with Gasteiger partial charge < -0.3 is 19.2 Å². The summed E-state index contributed by atoms with van der Waals surface area (Å²) in [5.41, 5.74) is 0.601. The highest BCUT2D eigenvalue weighted by Gasteiger charge is 2.06. The molecule has 0 fully saturated rings. The number of carbonyl (C=O) groups is 2. The van der Waals surface area contributed by atoms with E-state index in [4.69, 9.17) is 13.9 Å². The van der Waals surface area contributed by atoms with Crippen LogP contribution >= 0.6 is 0 Å². The van der Waals surface area contributed by atoms with Crippen molar-refractivity contribution in [1.82, 2.24) is 0 Å². The first kappa shape index (κ1) is 17.3. The van der Waals surface area contributed by atoms with Gasteiger partial charge in [0.1, 0.15) is 23.9 Å². The Bertz CT molecular complexity index is 733. The van der Waals surface area contributed by atoms with E-state index in [1.165, 1.54) is 19.1 Å². The van der Waals surface area contributed by atoms with Crippen molar-refractivity contribution in [3.05, 3.63) is 54.0 Å². The quantitative estimate of drug-likeness (QED) is 0.622. The number of anilines is 1. The number of ether oxygens (including phenoxy) is 2. The third-order valence-electron chi connectivity index (χ3n) is 2.94. The molecule has 2 rings (SSSR count). The van der Waals surface area contributed by atoms with Crippen LogP contribution in [0.2, 0.25) is 0 Å². The lowest BCUT2D eigenvalue weighted by molar-refractivity contribution is -0.142. The van der Waals surface area contributed by atoms with Crippen LogP contribution in [0.15, 0.2) is 46.9 Å². The highest BCUT2D eigenvalue weighted by molar-refractivity contribution is 6.02. The fourth-order valence-corrected chi connectivity index (χ4v) is 1.92. The van der Waals surface area contributed by atoms with Crippen molar-refractivity contribution in [2.75, 3.05) is 11.9 Å². The molecule has 0 saturated carbocycles. The van der Waals surface area contributed by atoms with Gasteiger partial charge in [-0.3, -0.25) is 9.59 Å². The molecule has 24 heavy (non-hydrogen) atoms. The summed E-state index contributed by atoms with van der Waals surface area (Å²) in [6.07, 6.45) is 2.90. The number of rotatable bonds is 7. The standard InChI is InChI=1S/C18H19NO5/c1-3-22-17-7-5-4-6-16(17)19-18(21)11-10-14-8-9-15(24-14)12-23-13(2)20/h4-11H,3,12H2,1-2H3,(H,19,21)/b11-10+. The van der Waals surface area contributed by atoms with Gasteiger partial charge in [-0.2, -0.15) is 0 Å². The van der Waals surface area contributed by atoms with E-state index in [0.29, 0.717) is 29.6 Å². The smallest absolute Gasteiger partial charge is 0.303 e. The van der Waals surface area contributed by atoms with Crippen molar-refractivity contribution in [3.63, 3.8) is 0 Å². The molecule has 6 nitrogen and oxygen atoms in total. The van der Waals surface area contributed by atoms with Gasteiger partial charge in [0, 0.05) is 13.0 Å². The topological polar surface area (TPSA) is 77.8 Å². The molecule has 1 aromatic carbocycles. The Kier molecular flexibility index (Phi) is 6.19. The minimum Gasteiger partial charge on any atom is -0.492 e. The average Bonchev–Trinajstić information content (AvgIpc) is 3.01. The van der Waals surface area contributed by atoms with E-state index < -0.39 is 0 Å². The van der Waals surface area contributed by atoms with E-state index in [-0.39, 0.29) is 18.5 Å². The SMILES string of the molecule is CCOc1ccccc1NC(=O)/C=C/c1ccc(COC(C)=O)o1. The largest absolute Gasteiger partial charge is 0.492 e. The van der Waals surface area contributed by atoms with Crippen molar-refractivity contribution in [1.29, 1.82) is 0 Å². The zero-order chi connectivity index (χ0) is 17.4. The van der Waals surface area contributed by atoms with Crippen molar-refractivity contribution < 1.29 is 23.5 Å². The van der Waals surface area contributed by atoms with Gasteiger partial charge in [0.15, 0.2) is 0 Å². The molecule has 0 bridgehead atoms. The van der Waals surface area contributed by atoms with Gasteiger partial charge in [-0.15, -0.1) is 0 Å². The van der Waals surface area contributed by atoms with E-state index in [2.05, 4.69) is 5.32 Å². The van der Waals surface area contributed by atoms with Crippen LogP contribution in [0.1, 0.15) is 25.4 Å². The average molecular weight is 329 g/mol. The number of furan rings is 1. The first-order chi connectivity index (χ1) is 11.6. The lowest BCUT2D eigenvalue weighted by Crippen LogP contribution is -2.09. The van der Waals surface area contributed by atoms with Crippen LogP contribution in [-0.4, -0.2) is 18.5 Å². The summed E-state index contributed by atoms with van der Waals surface area (Å²) in [7, 11) is 0. The molecule has 0 unspecified atom stereocenters. The van der Waals surface area contributed by atoms with Gasteiger partial charge in [0.05, 0.1) is 12.3 Å². The molecule has 1 aromatic heterocycles. The van der Waals surface area contributed by atoms with E-state index in [1.54, 1.807) is 24.3 Å². The third-order valence-corrected chi connectivity index (χ3v) is 2.94. The van der Waals surface area contributed by atoms with Crippen molar-refractivity contribution in [2.24, 2.45) is 0 Å². The number of nitrogens with one attached hydrogen (secondary N) is 1. The van der Waals surface area contributed by atoms with Crippen molar-refractivity contribution in [3.8, 4) is 5.75 Å². The van der Waals surface area contributed by atoms with Gasteiger partial charge in [0.25, 0.3) is 0 Å². The molecule has 6 heteroatoms. The predicted molar refractivity (Wildman–Crippen MR) is 89.5 cm³/mol. The summed E-state index contributed by atoms with van der Waals surface area (Å²) >= 11 is 0. The number of amides is 1. The summed E-state index contributed by atoms with van der Waals surface area (Å²) in [6.45, 7) is 3.79. The summed E-state index contributed by atoms with van der Waals surface area (Å²) in [5, 5.41) is 2.75.